The monoisotopic (exact) mass is 284 g/mol. The quantitative estimate of drug-likeness (QED) is 0.737. The first-order valence-corrected chi connectivity index (χ1v) is 5.74. The van der Waals surface area contributed by atoms with E-state index in [4.69, 9.17) is 11.6 Å². The maximum absolute atomic E-state index is 12.4. The molecule has 98 valence electrons. The van der Waals surface area contributed by atoms with Crippen molar-refractivity contribution in [3.8, 4) is 0 Å². The molecule has 2 rings (SSSR count). The van der Waals surface area contributed by atoms with Crippen molar-refractivity contribution >= 4 is 17.4 Å². The van der Waals surface area contributed by atoms with Crippen LogP contribution in [-0.4, -0.2) is 5.78 Å². The van der Waals surface area contributed by atoms with Gasteiger partial charge in [0, 0.05) is 11.1 Å². The van der Waals surface area contributed by atoms with Gasteiger partial charge in [-0.05, 0) is 24.3 Å². The summed E-state index contributed by atoms with van der Waals surface area (Å²) in [5.74, 6) is -0.403. The Kier molecular flexibility index (Phi) is 3.62. The lowest BCUT2D eigenvalue weighted by atomic mass is 10.0. The molecule has 1 nitrogen and oxygen atoms in total. The fraction of sp³-hybridized carbons (Fsp3) is 0.0714. The van der Waals surface area contributed by atoms with E-state index in [-0.39, 0.29) is 16.1 Å². The molecule has 2 aromatic carbocycles. The van der Waals surface area contributed by atoms with Crippen LogP contribution in [0.1, 0.15) is 21.5 Å². The molecule has 0 saturated heterocycles. The largest absolute Gasteiger partial charge is 0.416 e. The number of rotatable bonds is 2. The van der Waals surface area contributed by atoms with E-state index in [1.807, 2.05) is 0 Å². The third-order valence-electron chi connectivity index (χ3n) is 2.59. The van der Waals surface area contributed by atoms with E-state index >= 15 is 0 Å². The predicted octanol–water partition coefficient (Wildman–Crippen LogP) is 4.59. The van der Waals surface area contributed by atoms with Gasteiger partial charge in [-0.2, -0.15) is 13.2 Å². The highest BCUT2D eigenvalue weighted by Gasteiger charge is 2.30. The fourth-order valence-corrected chi connectivity index (χ4v) is 1.83. The summed E-state index contributed by atoms with van der Waals surface area (Å²) >= 11 is 5.87. The summed E-state index contributed by atoms with van der Waals surface area (Å²) in [4.78, 5) is 12.1. The maximum Gasteiger partial charge on any atom is 0.416 e. The van der Waals surface area contributed by atoms with Gasteiger partial charge in [-0.1, -0.05) is 35.9 Å². The maximum atomic E-state index is 12.4. The van der Waals surface area contributed by atoms with Gasteiger partial charge in [-0.25, -0.2) is 0 Å². The topological polar surface area (TPSA) is 17.1 Å². The number of ketones is 1. The number of carbonyl (C=O) groups excluding carboxylic acids is 1. The van der Waals surface area contributed by atoms with Crippen molar-refractivity contribution in [2.75, 3.05) is 0 Å². The summed E-state index contributed by atoms with van der Waals surface area (Å²) in [5, 5.41) is 0.271. The second-order valence-corrected chi connectivity index (χ2v) is 4.29. The molecule has 0 unspecified atom stereocenters. The highest BCUT2D eigenvalue weighted by Crippen LogP contribution is 2.29. The van der Waals surface area contributed by atoms with Crippen molar-refractivity contribution < 1.29 is 18.0 Å². The first kappa shape index (κ1) is 13.6. The molecule has 19 heavy (non-hydrogen) atoms. The smallest absolute Gasteiger partial charge is 0.289 e. The average molecular weight is 285 g/mol. The van der Waals surface area contributed by atoms with Crippen molar-refractivity contribution in [1.29, 1.82) is 0 Å². The van der Waals surface area contributed by atoms with Crippen LogP contribution < -0.4 is 0 Å². The van der Waals surface area contributed by atoms with Crippen LogP contribution in [0.5, 0.6) is 0 Å². The van der Waals surface area contributed by atoms with Crippen LogP contribution in [0.4, 0.5) is 13.2 Å². The zero-order chi connectivity index (χ0) is 14.0. The molecule has 0 amide bonds. The summed E-state index contributed by atoms with van der Waals surface area (Å²) < 4.78 is 37.2. The predicted molar refractivity (Wildman–Crippen MR) is 66.3 cm³/mol. The van der Waals surface area contributed by atoms with Crippen LogP contribution >= 0.6 is 11.6 Å². The van der Waals surface area contributed by atoms with Gasteiger partial charge in [0.1, 0.15) is 0 Å². The molecule has 0 aliphatic rings. The highest BCUT2D eigenvalue weighted by atomic mass is 35.5. The fourth-order valence-electron chi connectivity index (χ4n) is 1.61. The number of hydrogen-bond donors (Lipinski definition) is 0. The first-order valence-electron chi connectivity index (χ1n) is 5.36. The Morgan fingerprint density at radius 1 is 0.947 bits per heavy atom. The number of benzene rings is 2. The van der Waals surface area contributed by atoms with E-state index < -0.39 is 17.5 Å². The van der Waals surface area contributed by atoms with Gasteiger partial charge in [0.25, 0.3) is 0 Å². The van der Waals surface area contributed by atoms with Gasteiger partial charge < -0.3 is 0 Å². The van der Waals surface area contributed by atoms with E-state index in [0.717, 1.165) is 24.3 Å². The second kappa shape index (κ2) is 5.05. The summed E-state index contributed by atoms with van der Waals surface area (Å²) in [6.07, 6.45) is -4.41. The number of alkyl halides is 3. The van der Waals surface area contributed by atoms with Crippen LogP contribution in [0.15, 0.2) is 48.5 Å². The van der Waals surface area contributed by atoms with Gasteiger partial charge in [0.05, 0.1) is 10.6 Å². The van der Waals surface area contributed by atoms with Crippen LogP contribution in [-0.2, 0) is 6.18 Å². The van der Waals surface area contributed by atoms with Crippen molar-refractivity contribution in [3.63, 3.8) is 0 Å². The number of hydrogen-bond acceptors (Lipinski definition) is 1. The molecule has 0 aromatic heterocycles. The molecule has 0 aliphatic heterocycles. The summed E-state index contributed by atoms with van der Waals surface area (Å²) in [6.45, 7) is 0. The molecule has 0 N–H and O–H groups in total. The van der Waals surface area contributed by atoms with Crippen LogP contribution in [0.3, 0.4) is 0 Å². The van der Waals surface area contributed by atoms with E-state index in [1.54, 1.807) is 18.2 Å². The summed E-state index contributed by atoms with van der Waals surface area (Å²) in [6, 6.07) is 10.5. The Morgan fingerprint density at radius 3 is 2.05 bits per heavy atom. The average Bonchev–Trinajstić information content (AvgIpc) is 2.38. The van der Waals surface area contributed by atoms with Crippen molar-refractivity contribution in [2.45, 2.75) is 6.18 Å². The molecule has 0 atom stereocenters. The molecular formula is C14H8ClF3O. The lowest BCUT2D eigenvalue weighted by Gasteiger charge is -2.07. The Balaban J connectivity index is 2.34. The Bertz CT molecular complexity index is 603. The summed E-state index contributed by atoms with van der Waals surface area (Å²) in [7, 11) is 0. The van der Waals surface area contributed by atoms with Gasteiger partial charge in [0.2, 0.25) is 0 Å². The number of halogens is 4. The van der Waals surface area contributed by atoms with Crippen LogP contribution in [0.25, 0.3) is 0 Å². The molecule has 2 aromatic rings. The molecule has 0 aliphatic carbocycles. The Labute approximate surface area is 112 Å². The lowest BCUT2D eigenvalue weighted by Crippen LogP contribution is -2.06. The Hall–Kier alpha value is -1.81. The minimum Gasteiger partial charge on any atom is -0.289 e. The summed E-state index contributed by atoms with van der Waals surface area (Å²) in [5.41, 5.74) is -0.353. The first-order chi connectivity index (χ1) is 8.89. The SMILES string of the molecule is O=C(c1ccc(C(F)(F)F)cc1)c1ccccc1Cl. The minimum absolute atomic E-state index is 0.168. The van der Waals surface area contributed by atoms with Crippen molar-refractivity contribution in [2.24, 2.45) is 0 Å². The molecule has 0 saturated carbocycles. The molecule has 0 heterocycles. The highest BCUT2D eigenvalue weighted by molar-refractivity contribution is 6.34. The van der Waals surface area contributed by atoms with Crippen LogP contribution in [0, 0.1) is 0 Å². The van der Waals surface area contributed by atoms with Gasteiger partial charge >= 0.3 is 6.18 Å². The van der Waals surface area contributed by atoms with E-state index in [9.17, 15) is 18.0 Å². The molecule has 0 radical (unpaired) electrons. The third kappa shape index (κ3) is 2.96. The minimum atomic E-state index is -4.41. The third-order valence-corrected chi connectivity index (χ3v) is 2.92. The normalized spacial score (nSPS) is 11.4. The van der Waals surface area contributed by atoms with E-state index in [0.29, 0.717) is 0 Å². The van der Waals surface area contributed by atoms with Crippen LogP contribution in [0.2, 0.25) is 5.02 Å². The zero-order valence-corrected chi connectivity index (χ0v) is 10.3. The molecule has 0 fully saturated rings. The van der Waals surface area contributed by atoms with Gasteiger partial charge in [0.15, 0.2) is 5.78 Å². The lowest BCUT2D eigenvalue weighted by molar-refractivity contribution is -0.137. The zero-order valence-electron chi connectivity index (χ0n) is 9.54. The molecule has 5 heteroatoms. The molecule has 0 bridgehead atoms. The standard InChI is InChI=1S/C14H8ClF3O/c15-12-4-2-1-3-11(12)13(19)9-5-7-10(8-6-9)14(16,17)18/h1-8H. The Morgan fingerprint density at radius 2 is 1.53 bits per heavy atom. The second-order valence-electron chi connectivity index (χ2n) is 3.88. The van der Waals surface area contributed by atoms with E-state index in [2.05, 4.69) is 0 Å². The van der Waals surface area contributed by atoms with Crippen molar-refractivity contribution in [1.82, 2.24) is 0 Å². The van der Waals surface area contributed by atoms with Crippen molar-refractivity contribution in [3.05, 3.63) is 70.2 Å². The number of carbonyl (C=O) groups is 1. The molecular weight excluding hydrogens is 277 g/mol. The van der Waals surface area contributed by atoms with Gasteiger partial charge in [-0.3, -0.25) is 4.79 Å². The van der Waals surface area contributed by atoms with Gasteiger partial charge in [-0.15, -0.1) is 0 Å². The van der Waals surface area contributed by atoms with E-state index in [1.165, 1.54) is 6.07 Å². The molecule has 0 spiro atoms.